The number of hydrogen-bond donors (Lipinski definition) is 0. The van der Waals surface area contributed by atoms with E-state index in [4.69, 9.17) is 0 Å². The lowest BCUT2D eigenvalue weighted by Crippen LogP contribution is -2.36. The summed E-state index contributed by atoms with van der Waals surface area (Å²) in [6.45, 7) is -5.30. The van der Waals surface area contributed by atoms with E-state index >= 15 is 0 Å². The van der Waals surface area contributed by atoms with Gasteiger partial charge in [0.1, 0.15) is 0 Å². The molecule has 0 rings (SSSR count). The predicted octanol–water partition coefficient (Wildman–Crippen LogP) is 3.81. The fraction of sp³-hybridized carbons (Fsp3) is 1.00. The zero-order valence-electron chi connectivity index (χ0n) is 6.72. The lowest BCUT2D eigenvalue weighted by molar-refractivity contribution is -0.284. The van der Waals surface area contributed by atoms with Gasteiger partial charge in [-0.15, -0.1) is 0 Å². The van der Waals surface area contributed by atoms with Crippen LogP contribution in [0.2, 0.25) is 6.32 Å². The Morgan fingerprint density at radius 1 is 0.857 bits per heavy atom. The molecule has 0 aliphatic heterocycles. The molecule has 0 unspecified atom stereocenters. The Morgan fingerprint density at radius 3 is 1.57 bits per heavy atom. The summed E-state index contributed by atoms with van der Waals surface area (Å²) in [5.41, 5.74) is 0. The molecule has 0 nitrogen and oxygen atoms in total. The third-order valence-corrected chi connectivity index (χ3v) is 1.44. The molecule has 14 heavy (non-hydrogen) atoms. The third-order valence-electron chi connectivity index (χ3n) is 1.44. The van der Waals surface area contributed by atoms with Crippen molar-refractivity contribution in [1.29, 1.82) is 0 Å². The van der Waals surface area contributed by atoms with E-state index in [0.29, 0.717) is 0 Å². The van der Waals surface area contributed by atoms with Crippen LogP contribution in [0, 0.1) is 0 Å². The first-order valence-corrected chi connectivity index (χ1v) is 3.61. The van der Waals surface area contributed by atoms with Crippen molar-refractivity contribution in [3.8, 4) is 0 Å². The highest BCUT2D eigenvalue weighted by atomic mass is 19.4. The molecule has 86 valence electrons. The molecule has 0 bridgehead atoms. The van der Waals surface area contributed by atoms with Crippen LogP contribution in [0.5, 0.6) is 0 Å². The largest absolute Gasteiger partial charge is 0.478 e. The Bertz CT molecular complexity index is 179. The van der Waals surface area contributed by atoms with E-state index in [1.165, 1.54) is 0 Å². The first-order chi connectivity index (χ1) is 5.96. The minimum Gasteiger partial charge on any atom is -0.449 e. The standard InChI is InChI=1S/C5H6BF8/c7-4(8,5(9,10)11)2-1-3-6(12,13)14/h1-3H2/q-1. The van der Waals surface area contributed by atoms with E-state index in [1.54, 1.807) is 0 Å². The molecule has 0 aliphatic carbocycles. The van der Waals surface area contributed by atoms with Crippen molar-refractivity contribution in [2.24, 2.45) is 0 Å². The maximum atomic E-state index is 12.0. The highest BCUT2D eigenvalue weighted by Gasteiger charge is 2.56. The fourth-order valence-electron chi connectivity index (χ4n) is 0.697. The summed E-state index contributed by atoms with van der Waals surface area (Å²) in [6, 6.07) is 0. The molecule has 0 aromatic carbocycles. The first kappa shape index (κ1) is 13.5. The van der Waals surface area contributed by atoms with E-state index < -0.39 is 38.2 Å². The third kappa shape index (κ3) is 4.66. The van der Waals surface area contributed by atoms with Gasteiger partial charge < -0.3 is 12.9 Å². The van der Waals surface area contributed by atoms with Crippen LogP contribution in [0.15, 0.2) is 0 Å². The van der Waals surface area contributed by atoms with Gasteiger partial charge in [-0.05, 0) is 0 Å². The molecule has 0 aliphatic rings. The van der Waals surface area contributed by atoms with E-state index in [2.05, 4.69) is 0 Å². The topological polar surface area (TPSA) is 0 Å². The second-order valence-electron chi connectivity index (χ2n) is 2.80. The molecule has 0 aromatic rings. The summed E-state index contributed by atoms with van der Waals surface area (Å²) in [6.07, 6.45) is -10.4. The van der Waals surface area contributed by atoms with Crippen molar-refractivity contribution in [3.63, 3.8) is 0 Å². The maximum Gasteiger partial charge on any atom is 0.478 e. The average Bonchev–Trinajstić information content (AvgIpc) is 1.80. The zero-order valence-corrected chi connectivity index (χ0v) is 6.72. The second-order valence-corrected chi connectivity index (χ2v) is 2.80. The van der Waals surface area contributed by atoms with Gasteiger partial charge in [-0.3, -0.25) is 0 Å². The molecule has 0 radical (unpaired) electrons. The molecule has 0 fully saturated rings. The molecule has 0 spiro atoms. The summed E-state index contributed by atoms with van der Waals surface area (Å²) < 4.78 is 92.7. The van der Waals surface area contributed by atoms with Crippen LogP contribution < -0.4 is 0 Å². The monoisotopic (exact) mass is 229 g/mol. The van der Waals surface area contributed by atoms with Crippen LogP contribution >= 0.6 is 0 Å². The lowest BCUT2D eigenvalue weighted by atomic mass is 9.83. The summed E-state index contributed by atoms with van der Waals surface area (Å²) >= 11 is 0. The normalized spacial score (nSPS) is 14.6. The molecule has 9 heteroatoms. The van der Waals surface area contributed by atoms with Crippen molar-refractivity contribution in [1.82, 2.24) is 0 Å². The van der Waals surface area contributed by atoms with Gasteiger partial charge >= 0.3 is 19.1 Å². The zero-order chi connectivity index (χ0) is 11.6. The van der Waals surface area contributed by atoms with E-state index in [-0.39, 0.29) is 0 Å². The van der Waals surface area contributed by atoms with Crippen LogP contribution in [-0.4, -0.2) is 19.1 Å². The van der Waals surface area contributed by atoms with Gasteiger partial charge in [0.15, 0.2) is 0 Å². The molecule has 0 N–H and O–H groups in total. The van der Waals surface area contributed by atoms with Gasteiger partial charge in [-0.1, -0.05) is 12.7 Å². The van der Waals surface area contributed by atoms with Crippen molar-refractivity contribution in [2.45, 2.75) is 31.3 Å². The summed E-state index contributed by atoms with van der Waals surface area (Å²) in [5.74, 6) is -5.03. The molecule has 0 saturated carbocycles. The molecule has 0 amide bonds. The van der Waals surface area contributed by atoms with E-state index in [9.17, 15) is 34.9 Å². The van der Waals surface area contributed by atoms with Gasteiger partial charge in [0.2, 0.25) is 0 Å². The Labute approximate surface area is 74.3 Å². The number of rotatable bonds is 4. The first-order valence-electron chi connectivity index (χ1n) is 3.61. The molecular formula is C5H6BF8-. The number of hydrogen-bond acceptors (Lipinski definition) is 0. The summed E-state index contributed by atoms with van der Waals surface area (Å²) in [4.78, 5) is 0. The van der Waals surface area contributed by atoms with Crippen molar-refractivity contribution in [2.75, 3.05) is 0 Å². The molecular weight excluding hydrogens is 223 g/mol. The van der Waals surface area contributed by atoms with Crippen molar-refractivity contribution in [3.05, 3.63) is 0 Å². The van der Waals surface area contributed by atoms with Gasteiger partial charge in [-0.25, -0.2) is 0 Å². The van der Waals surface area contributed by atoms with Crippen molar-refractivity contribution >= 4 is 6.98 Å². The van der Waals surface area contributed by atoms with Gasteiger partial charge in [-0.2, -0.15) is 22.0 Å². The Hall–Kier alpha value is -0.495. The van der Waals surface area contributed by atoms with Gasteiger partial charge in [0.25, 0.3) is 0 Å². The fourth-order valence-corrected chi connectivity index (χ4v) is 0.697. The summed E-state index contributed by atoms with van der Waals surface area (Å²) in [7, 11) is 0. The van der Waals surface area contributed by atoms with Crippen LogP contribution in [-0.2, 0) is 0 Å². The van der Waals surface area contributed by atoms with E-state index in [1.807, 2.05) is 0 Å². The van der Waals surface area contributed by atoms with Crippen LogP contribution in [0.3, 0.4) is 0 Å². The number of halogens is 8. The quantitative estimate of drug-likeness (QED) is 0.507. The predicted molar refractivity (Wildman–Crippen MR) is 34.1 cm³/mol. The number of alkyl halides is 5. The van der Waals surface area contributed by atoms with E-state index in [0.717, 1.165) is 0 Å². The Balaban J connectivity index is 4.02. The highest BCUT2D eigenvalue weighted by Crippen LogP contribution is 2.39. The maximum absolute atomic E-state index is 12.0. The SMILES string of the molecule is F[B-](F)(F)CCCC(F)(F)C(F)(F)F. The van der Waals surface area contributed by atoms with Crippen LogP contribution in [0.4, 0.5) is 34.9 Å². The Kier molecular flexibility index (Phi) is 3.80. The van der Waals surface area contributed by atoms with Crippen LogP contribution in [0.1, 0.15) is 12.8 Å². The minimum absolute atomic E-state index is 1.21. The lowest BCUT2D eigenvalue weighted by Gasteiger charge is -2.20. The van der Waals surface area contributed by atoms with Crippen molar-refractivity contribution < 1.29 is 34.9 Å². The molecule has 0 atom stereocenters. The van der Waals surface area contributed by atoms with Gasteiger partial charge in [0, 0.05) is 6.42 Å². The minimum atomic E-state index is -5.77. The second kappa shape index (κ2) is 3.94. The van der Waals surface area contributed by atoms with Gasteiger partial charge in [0.05, 0.1) is 0 Å². The molecule has 0 heterocycles. The molecule has 0 saturated heterocycles. The average molecular weight is 229 g/mol. The Morgan fingerprint density at radius 2 is 1.29 bits per heavy atom. The summed E-state index contributed by atoms with van der Waals surface area (Å²) in [5, 5.41) is 0. The molecule has 0 aromatic heterocycles. The van der Waals surface area contributed by atoms with Crippen LogP contribution in [0.25, 0.3) is 0 Å². The smallest absolute Gasteiger partial charge is 0.449 e. The highest BCUT2D eigenvalue weighted by molar-refractivity contribution is 6.58.